The maximum atomic E-state index is 13.1. The largest absolute Gasteiger partial charge is 0.458 e. The summed E-state index contributed by atoms with van der Waals surface area (Å²) in [5.41, 5.74) is 3.90. The quantitative estimate of drug-likeness (QED) is 0.685. The van der Waals surface area contributed by atoms with Gasteiger partial charge >= 0.3 is 23.9 Å². The molecule has 22 heavy (non-hydrogen) atoms. The molecule has 0 spiro atoms. The van der Waals surface area contributed by atoms with Crippen molar-refractivity contribution >= 4 is 11.8 Å². The minimum absolute atomic E-state index is 0.277. The number of nitrogens with two attached hydrogens (primary N) is 1. The molecule has 1 rings (SSSR count). The summed E-state index contributed by atoms with van der Waals surface area (Å²) in [5, 5.41) is 0. The fourth-order valence-electron chi connectivity index (χ4n) is 1.71. The average molecular weight is 324 g/mol. The summed E-state index contributed by atoms with van der Waals surface area (Å²) in [7, 11) is 1.26. The van der Waals surface area contributed by atoms with E-state index in [9.17, 15) is 31.5 Å². The highest BCUT2D eigenvalue weighted by Gasteiger charge is 2.58. The fraction of sp³-hybridized carbons (Fsp3) is 0.385. The lowest BCUT2D eigenvalue weighted by atomic mass is 10.0. The lowest BCUT2D eigenvalue weighted by Gasteiger charge is -2.25. The van der Waals surface area contributed by atoms with Gasteiger partial charge in [0.15, 0.2) is 0 Å². The summed E-state index contributed by atoms with van der Waals surface area (Å²) in [4.78, 5) is 23.1. The lowest BCUT2D eigenvalue weighted by Crippen LogP contribution is -2.39. The van der Waals surface area contributed by atoms with Crippen LogP contribution in [0.1, 0.15) is 24.1 Å². The van der Waals surface area contributed by atoms with Crippen molar-refractivity contribution in [1.29, 1.82) is 0 Å². The Hall–Kier alpha value is -2.19. The van der Waals surface area contributed by atoms with Crippen molar-refractivity contribution in [2.24, 2.45) is 5.73 Å². The number of halogens is 5. The monoisotopic (exact) mass is 324 g/mol. The van der Waals surface area contributed by atoms with Crippen LogP contribution in [0.2, 0.25) is 0 Å². The van der Waals surface area contributed by atoms with Crippen molar-refractivity contribution in [3.05, 3.63) is 35.4 Å². The van der Waals surface area contributed by atoms with Gasteiger partial charge in [-0.1, -0.05) is 24.3 Å². The van der Waals surface area contributed by atoms with Gasteiger partial charge in [-0.15, -0.1) is 0 Å². The highest BCUT2D eigenvalue weighted by Crippen LogP contribution is 2.43. The molecule has 0 fully saturated rings. The lowest BCUT2D eigenvalue weighted by molar-refractivity contribution is -0.289. The number of rotatable bonds is 3. The standard InChI is InChI=1S/C13H13F5N2O2/c1-7(20(2)11(22)10(19)21)8-3-5-9(6-4-8)12(14,15)13(16,17)18/h3-7H,1-2H3,(H2,19,21). The molecular weight excluding hydrogens is 311 g/mol. The van der Waals surface area contributed by atoms with E-state index in [2.05, 4.69) is 0 Å². The number of amides is 2. The summed E-state index contributed by atoms with van der Waals surface area (Å²) in [5.74, 6) is -7.17. The van der Waals surface area contributed by atoms with Gasteiger partial charge in [-0.05, 0) is 12.5 Å². The van der Waals surface area contributed by atoms with Crippen molar-refractivity contribution in [3.8, 4) is 0 Å². The van der Waals surface area contributed by atoms with Crippen LogP contribution in [0, 0.1) is 0 Å². The number of nitrogens with zero attached hydrogens (tertiary/aromatic N) is 1. The Morgan fingerprint density at radius 2 is 1.55 bits per heavy atom. The summed E-state index contributed by atoms with van der Waals surface area (Å²) in [6, 6.07) is 2.59. The molecule has 0 saturated heterocycles. The van der Waals surface area contributed by atoms with Gasteiger partial charge in [0.05, 0.1) is 6.04 Å². The average Bonchev–Trinajstić information content (AvgIpc) is 2.43. The first-order valence-corrected chi connectivity index (χ1v) is 6.01. The van der Waals surface area contributed by atoms with E-state index >= 15 is 0 Å². The fourth-order valence-corrected chi connectivity index (χ4v) is 1.71. The van der Waals surface area contributed by atoms with Gasteiger partial charge in [-0.2, -0.15) is 22.0 Å². The number of carbonyl (C=O) groups is 2. The van der Waals surface area contributed by atoms with E-state index in [0.29, 0.717) is 12.1 Å². The number of primary amides is 1. The molecule has 1 aromatic carbocycles. The van der Waals surface area contributed by atoms with Crippen molar-refractivity contribution in [2.75, 3.05) is 7.05 Å². The summed E-state index contributed by atoms with van der Waals surface area (Å²) >= 11 is 0. The van der Waals surface area contributed by atoms with Crippen molar-refractivity contribution in [3.63, 3.8) is 0 Å². The molecule has 4 nitrogen and oxygen atoms in total. The van der Waals surface area contributed by atoms with Crippen LogP contribution >= 0.6 is 0 Å². The maximum Gasteiger partial charge on any atom is 0.458 e. The Morgan fingerprint density at radius 3 is 1.91 bits per heavy atom. The molecule has 0 aliphatic rings. The van der Waals surface area contributed by atoms with E-state index < -0.39 is 35.5 Å². The van der Waals surface area contributed by atoms with Crippen LogP contribution in [0.25, 0.3) is 0 Å². The zero-order valence-corrected chi connectivity index (χ0v) is 11.6. The number of benzene rings is 1. The van der Waals surface area contributed by atoms with Gasteiger partial charge in [0, 0.05) is 12.6 Å². The molecule has 122 valence electrons. The molecule has 0 aliphatic carbocycles. The Bertz CT molecular complexity index is 569. The Morgan fingerprint density at radius 1 is 1.09 bits per heavy atom. The van der Waals surface area contributed by atoms with E-state index in [4.69, 9.17) is 5.73 Å². The number of hydrogen-bond acceptors (Lipinski definition) is 2. The summed E-state index contributed by atoms with van der Waals surface area (Å²) < 4.78 is 63.0. The molecule has 0 aliphatic heterocycles. The van der Waals surface area contributed by atoms with E-state index in [1.807, 2.05) is 0 Å². The van der Waals surface area contributed by atoms with Gasteiger partial charge in [-0.3, -0.25) is 9.59 Å². The van der Waals surface area contributed by atoms with Crippen LogP contribution in [-0.2, 0) is 15.5 Å². The number of alkyl halides is 5. The second-order valence-corrected chi connectivity index (χ2v) is 4.65. The third-order valence-corrected chi connectivity index (χ3v) is 3.22. The molecule has 1 aromatic rings. The predicted octanol–water partition coefficient (Wildman–Crippen LogP) is 2.35. The second-order valence-electron chi connectivity index (χ2n) is 4.65. The van der Waals surface area contributed by atoms with Gasteiger partial charge < -0.3 is 10.6 Å². The molecule has 1 unspecified atom stereocenters. The third kappa shape index (κ3) is 3.34. The zero-order chi connectivity index (χ0) is 17.3. The number of likely N-dealkylation sites (N-methyl/N-ethyl adjacent to an activating group) is 1. The molecule has 0 heterocycles. The van der Waals surface area contributed by atoms with Crippen LogP contribution in [0.15, 0.2) is 24.3 Å². The van der Waals surface area contributed by atoms with Crippen molar-refractivity contribution < 1.29 is 31.5 Å². The normalized spacial score (nSPS) is 13.6. The molecule has 2 amide bonds. The summed E-state index contributed by atoms with van der Waals surface area (Å²) in [6.45, 7) is 1.47. The van der Waals surface area contributed by atoms with Crippen molar-refractivity contribution in [1.82, 2.24) is 4.90 Å². The predicted molar refractivity (Wildman–Crippen MR) is 66.8 cm³/mol. The molecule has 0 saturated carbocycles. The Kier molecular flexibility index (Phi) is 4.79. The molecule has 0 bridgehead atoms. The third-order valence-electron chi connectivity index (χ3n) is 3.22. The van der Waals surface area contributed by atoms with Crippen molar-refractivity contribution in [2.45, 2.75) is 25.1 Å². The molecule has 1 atom stereocenters. The topological polar surface area (TPSA) is 63.4 Å². The van der Waals surface area contributed by atoms with E-state index in [1.165, 1.54) is 14.0 Å². The van der Waals surface area contributed by atoms with Crippen LogP contribution in [0.3, 0.4) is 0 Å². The SMILES string of the molecule is CC(c1ccc(C(F)(F)C(F)(F)F)cc1)N(C)C(=O)C(N)=O. The Labute approximate surface area is 122 Å². The molecular formula is C13H13F5N2O2. The smallest absolute Gasteiger partial charge is 0.361 e. The first kappa shape index (κ1) is 17.9. The number of carbonyl (C=O) groups excluding carboxylic acids is 2. The second kappa shape index (κ2) is 5.90. The minimum atomic E-state index is -5.70. The van der Waals surface area contributed by atoms with Crippen LogP contribution in [-0.4, -0.2) is 29.9 Å². The first-order chi connectivity index (χ1) is 9.89. The molecule has 0 radical (unpaired) electrons. The van der Waals surface area contributed by atoms with Gasteiger partial charge in [-0.25, -0.2) is 0 Å². The summed E-state index contributed by atoms with van der Waals surface area (Å²) in [6.07, 6.45) is -5.70. The Balaban J connectivity index is 3.03. The van der Waals surface area contributed by atoms with Crippen LogP contribution in [0.5, 0.6) is 0 Å². The van der Waals surface area contributed by atoms with Gasteiger partial charge in [0.1, 0.15) is 0 Å². The van der Waals surface area contributed by atoms with E-state index in [0.717, 1.165) is 17.0 Å². The first-order valence-electron chi connectivity index (χ1n) is 6.01. The van der Waals surface area contributed by atoms with Crippen LogP contribution < -0.4 is 5.73 Å². The van der Waals surface area contributed by atoms with Gasteiger partial charge in [0.2, 0.25) is 0 Å². The molecule has 2 N–H and O–H groups in total. The van der Waals surface area contributed by atoms with Gasteiger partial charge in [0.25, 0.3) is 0 Å². The van der Waals surface area contributed by atoms with E-state index in [-0.39, 0.29) is 5.56 Å². The minimum Gasteiger partial charge on any atom is -0.361 e. The molecule has 9 heteroatoms. The zero-order valence-electron chi connectivity index (χ0n) is 11.6. The molecule has 0 aromatic heterocycles. The number of hydrogen-bond donors (Lipinski definition) is 1. The maximum absolute atomic E-state index is 13.1. The highest BCUT2D eigenvalue weighted by atomic mass is 19.4. The van der Waals surface area contributed by atoms with Crippen LogP contribution in [0.4, 0.5) is 22.0 Å². The highest BCUT2D eigenvalue weighted by molar-refractivity contribution is 6.34. The van der Waals surface area contributed by atoms with E-state index in [1.54, 1.807) is 0 Å².